The van der Waals surface area contributed by atoms with E-state index < -0.39 is 30.1 Å². The number of rotatable bonds is 6. The van der Waals surface area contributed by atoms with E-state index in [2.05, 4.69) is 4.84 Å². The van der Waals surface area contributed by atoms with Crippen LogP contribution in [0.25, 0.3) is 0 Å². The van der Waals surface area contributed by atoms with Crippen molar-refractivity contribution in [1.29, 1.82) is 0 Å². The second-order valence-corrected chi connectivity index (χ2v) is 3.53. The van der Waals surface area contributed by atoms with Crippen molar-refractivity contribution < 1.29 is 23.2 Å². The van der Waals surface area contributed by atoms with E-state index in [0.717, 1.165) is 12.1 Å². The Balaban J connectivity index is 2.33. The van der Waals surface area contributed by atoms with E-state index in [4.69, 9.17) is 5.73 Å². The summed E-state index contributed by atoms with van der Waals surface area (Å²) in [4.78, 5) is 26.0. The van der Waals surface area contributed by atoms with Gasteiger partial charge in [-0.1, -0.05) is 6.07 Å². The third kappa shape index (κ3) is 4.88. The molecule has 7 heteroatoms. The fourth-order valence-electron chi connectivity index (χ4n) is 1.19. The van der Waals surface area contributed by atoms with Crippen LogP contribution in [0.4, 0.5) is 8.78 Å². The maximum absolute atomic E-state index is 12.8. The van der Waals surface area contributed by atoms with Gasteiger partial charge in [-0.2, -0.15) is 0 Å². The van der Waals surface area contributed by atoms with Crippen LogP contribution in [0.2, 0.25) is 0 Å². The Morgan fingerprint density at radius 3 is 2.61 bits per heavy atom. The number of nitrogens with one attached hydrogen (secondary N) is 1. The summed E-state index contributed by atoms with van der Waals surface area (Å²) in [5, 5.41) is 0. The van der Waals surface area contributed by atoms with Crippen molar-refractivity contribution in [3.8, 4) is 0 Å². The minimum Gasteiger partial charge on any atom is -0.368 e. The number of primary amides is 1. The molecule has 2 amide bonds. The number of hydrogen-bond donors (Lipinski definition) is 2. The van der Waals surface area contributed by atoms with Crippen LogP contribution in [0.1, 0.15) is 12.0 Å². The predicted molar refractivity (Wildman–Crippen MR) is 58.0 cm³/mol. The third-order valence-electron chi connectivity index (χ3n) is 2.03. The van der Waals surface area contributed by atoms with Gasteiger partial charge in [0.05, 0.1) is 0 Å². The van der Waals surface area contributed by atoms with Gasteiger partial charge >= 0.3 is 0 Å². The Labute approximate surface area is 102 Å². The van der Waals surface area contributed by atoms with Crippen LogP contribution in [-0.4, -0.2) is 18.4 Å². The summed E-state index contributed by atoms with van der Waals surface area (Å²) in [7, 11) is 0. The van der Waals surface area contributed by atoms with Gasteiger partial charge < -0.3 is 5.73 Å². The summed E-state index contributed by atoms with van der Waals surface area (Å²) >= 11 is 0. The summed E-state index contributed by atoms with van der Waals surface area (Å²) < 4.78 is 25.5. The van der Waals surface area contributed by atoms with Crippen LogP contribution in [0.5, 0.6) is 0 Å². The summed E-state index contributed by atoms with van der Waals surface area (Å²) in [5.41, 5.74) is 7.27. The van der Waals surface area contributed by atoms with Gasteiger partial charge in [-0.05, 0) is 24.1 Å². The van der Waals surface area contributed by atoms with Gasteiger partial charge in [0.25, 0.3) is 0 Å². The molecule has 0 saturated heterocycles. The predicted octanol–water partition coefficient (Wildman–Crippen LogP) is 0.430. The highest BCUT2D eigenvalue weighted by Gasteiger charge is 2.06. The zero-order valence-corrected chi connectivity index (χ0v) is 9.41. The molecule has 0 aliphatic rings. The zero-order chi connectivity index (χ0) is 13.5. The maximum atomic E-state index is 12.8. The number of nitrogens with two attached hydrogens (primary N) is 1. The van der Waals surface area contributed by atoms with Gasteiger partial charge in [-0.25, -0.2) is 14.3 Å². The number of hydrogen-bond acceptors (Lipinski definition) is 3. The highest BCUT2D eigenvalue weighted by Crippen LogP contribution is 2.10. The van der Waals surface area contributed by atoms with Gasteiger partial charge in [0.15, 0.2) is 18.2 Å². The molecule has 0 aromatic heterocycles. The Morgan fingerprint density at radius 2 is 2.00 bits per heavy atom. The molecule has 0 aliphatic carbocycles. The van der Waals surface area contributed by atoms with Crippen LogP contribution in [-0.2, 0) is 20.8 Å². The number of carbonyl (C=O) groups excluding carboxylic acids is 2. The standard InChI is InChI=1S/C11H12F2N2O3/c12-8-3-1-7(5-9(8)13)2-4-11(17)15-18-6-10(14)16/h1,3,5H,2,4,6H2,(H2,14,16)(H,15,17). The lowest BCUT2D eigenvalue weighted by Crippen LogP contribution is -2.29. The summed E-state index contributed by atoms with van der Waals surface area (Å²) in [6.07, 6.45) is 0.243. The third-order valence-corrected chi connectivity index (χ3v) is 2.03. The highest BCUT2D eigenvalue weighted by molar-refractivity contribution is 5.77. The monoisotopic (exact) mass is 258 g/mol. The van der Waals surface area contributed by atoms with Crippen molar-refractivity contribution in [3.63, 3.8) is 0 Å². The molecular weight excluding hydrogens is 246 g/mol. The Bertz CT molecular complexity index is 452. The first-order valence-electron chi connectivity index (χ1n) is 5.12. The average molecular weight is 258 g/mol. The highest BCUT2D eigenvalue weighted by atomic mass is 19.2. The van der Waals surface area contributed by atoms with Gasteiger partial charge in [0, 0.05) is 6.42 Å². The van der Waals surface area contributed by atoms with E-state index in [1.54, 1.807) is 0 Å². The molecule has 1 aromatic carbocycles. The fourth-order valence-corrected chi connectivity index (χ4v) is 1.19. The number of halogens is 2. The van der Waals surface area contributed by atoms with E-state index >= 15 is 0 Å². The summed E-state index contributed by atoms with van der Waals surface area (Å²) in [5.74, 6) is -3.09. The fraction of sp³-hybridized carbons (Fsp3) is 0.273. The van der Waals surface area contributed by atoms with Gasteiger partial charge in [0.1, 0.15) is 0 Å². The van der Waals surface area contributed by atoms with E-state index in [1.807, 2.05) is 5.48 Å². The lowest BCUT2D eigenvalue weighted by atomic mass is 10.1. The van der Waals surface area contributed by atoms with Crippen LogP contribution in [0.3, 0.4) is 0 Å². The molecule has 0 aliphatic heterocycles. The molecule has 0 fully saturated rings. The lowest BCUT2D eigenvalue weighted by molar-refractivity contribution is -0.137. The van der Waals surface area contributed by atoms with Crippen molar-refractivity contribution in [2.45, 2.75) is 12.8 Å². The average Bonchev–Trinajstić information content (AvgIpc) is 2.30. The zero-order valence-electron chi connectivity index (χ0n) is 9.41. The van der Waals surface area contributed by atoms with Crippen LogP contribution >= 0.6 is 0 Å². The van der Waals surface area contributed by atoms with Gasteiger partial charge in [-0.15, -0.1) is 0 Å². The van der Waals surface area contributed by atoms with Crippen LogP contribution < -0.4 is 11.2 Å². The number of aryl methyl sites for hydroxylation is 1. The first kappa shape index (κ1) is 14.0. The van der Waals surface area contributed by atoms with Gasteiger partial charge in [0.2, 0.25) is 11.8 Å². The number of carbonyl (C=O) groups is 2. The number of benzene rings is 1. The van der Waals surface area contributed by atoms with E-state index in [1.165, 1.54) is 6.07 Å². The van der Waals surface area contributed by atoms with E-state index in [0.29, 0.717) is 5.56 Å². The number of amides is 2. The Kier molecular flexibility index (Phi) is 5.19. The molecule has 98 valence electrons. The normalized spacial score (nSPS) is 10.1. The number of hydroxylamine groups is 1. The summed E-state index contributed by atoms with van der Waals surface area (Å²) in [6, 6.07) is 3.40. The van der Waals surface area contributed by atoms with Crippen molar-refractivity contribution in [1.82, 2.24) is 5.48 Å². The molecule has 3 N–H and O–H groups in total. The van der Waals surface area contributed by atoms with E-state index in [-0.39, 0.29) is 12.8 Å². The van der Waals surface area contributed by atoms with Crippen molar-refractivity contribution in [2.75, 3.05) is 6.61 Å². The SMILES string of the molecule is NC(=O)CONC(=O)CCc1ccc(F)c(F)c1. The van der Waals surface area contributed by atoms with Crippen molar-refractivity contribution >= 4 is 11.8 Å². The van der Waals surface area contributed by atoms with Gasteiger partial charge in [-0.3, -0.25) is 14.4 Å². The molecule has 0 saturated carbocycles. The molecular formula is C11H12F2N2O3. The Morgan fingerprint density at radius 1 is 1.28 bits per heavy atom. The topological polar surface area (TPSA) is 81.4 Å². The molecule has 0 spiro atoms. The van der Waals surface area contributed by atoms with Crippen molar-refractivity contribution in [2.24, 2.45) is 5.73 Å². The molecule has 0 bridgehead atoms. The molecule has 1 rings (SSSR count). The summed E-state index contributed by atoms with van der Waals surface area (Å²) in [6.45, 7) is -0.420. The molecule has 1 aromatic rings. The second-order valence-electron chi connectivity index (χ2n) is 3.53. The second kappa shape index (κ2) is 6.65. The first-order chi connectivity index (χ1) is 8.49. The molecule has 0 atom stereocenters. The minimum atomic E-state index is -0.960. The molecule has 0 heterocycles. The van der Waals surface area contributed by atoms with Crippen LogP contribution in [0.15, 0.2) is 18.2 Å². The quantitative estimate of drug-likeness (QED) is 0.726. The first-order valence-corrected chi connectivity index (χ1v) is 5.12. The van der Waals surface area contributed by atoms with Crippen molar-refractivity contribution in [3.05, 3.63) is 35.4 Å². The molecule has 0 unspecified atom stereocenters. The Hall–Kier alpha value is -2.02. The van der Waals surface area contributed by atoms with E-state index in [9.17, 15) is 18.4 Å². The molecule has 5 nitrogen and oxygen atoms in total. The minimum absolute atomic E-state index is 0.0177. The maximum Gasteiger partial charge on any atom is 0.246 e. The molecule has 0 radical (unpaired) electrons. The lowest BCUT2D eigenvalue weighted by Gasteiger charge is -2.04. The van der Waals surface area contributed by atoms with Crippen LogP contribution in [0, 0.1) is 11.6 Å². The smallest absolute Gasteiger partial charge is 0.246 e. The largest absolute Gasteiger partial charge is 0.368 e. The molecule has 18 heavy (non-hydrogen) atoms.